The maximum absolute atomic E-state index is 11.0. The zero-order valence-corrected chi connectivity index (χ0v) is 8.96. The lowest BCUT2D eigenvalue weighted by atomic mass is 10.2. The SMILES string of the molecule is CC(=O)c1cc(-c2ccc(Br)o2)[nH]n1. The highest BCUT2D eigenvalue weighted by molar-refractivity contribution is 9.10. The van der Waals surface area contributed by atoms with Crippen LogP contribution in [0.5, 0.6) is 0 Å². The Bertz CT molecular complexity index is 473. The van der Waals surface area contributed by atoms with Gasteiger partial charge in [-0.05, 0) is 34.1 Å². The first-order valence-electron chi connectivity index (χ1n) is 3.99. The van der Waals surface area contributed by atoms with E-state index in [1.807, 2.05) is 0 Å². The van der Waals surface area contributed by atoms with E-state index in [0.717, 1.165) is 0 Å². The molecule has 0 fully saturated rings. The molecular weight excluding hydrogens is 248 g/mol. The van der Waals surface area contributed by atoms with Crippen LogP contribution in [-0.4, -0.2) is 16.0 Å². The van der Waals surface area contributed by atoms with Crippen LogP contribution < -0.4 is 0 Å². The molecule has 0 aromatic carbocycles. The molecule has 0 saturated carbocycles. The molecule has 72 valence electrons. The lowest BCUT2D eigenvalue weighted by molar-refractivity contribution is 0.101. The topological polar surface area (TPSA) is 58.9 Å². The summed E-state index contributed by atoms with van der Waals surface area (Å²) >= 11 is 3.20. The molecule has 0 aliphatic carbocycles. The summed E-state index contributed by atoms with van der Waals surface area (Å²) < 4.78 is 5.94. The number of furan rings is 1. The molecule has 2 heterocycles. The van der Waals surface area contributed by atoms with Gasteiger partial charge in [0.05, 0.1) is 0 Å². The number of aromatic nitrogens is 2. The number of carbonyl (C=O) groups excluding carboxylic acids is 1. The normalized spacial score (nSPS) is 10.4. The first kappa shape index (κ1) is 9.21. The molecule has 5 heteroatoms. The Kier molecular flexibility index (Phi) is 2.25. The molecule has 2 rings (SSSR count). The summed E-state index contributed by atoms with van der Waals surface area (Å²) in [6.45, 7) is 1.47. The Morgan fingerprint density at radius 1 is 1.57 bits per heavy atom. The molecule has 0 saturated heterocycles. The van der Waals surface area contributed by atoms with Crippen molar-refractivity contribution in [3.05, 3.63) is 28.6 Å². The quantitative estimate of drug-likeness (QED) is 0.839. The number of rotatable bonds is 2. The molecule has 0 radical (unpaired) electrons. The van der Waals surface area contributed by atoms with Crippen LogP contribution in [0, 0.1) is 0 Å². The van der Waals surface area contributed by atoms with Crippen LogP contribution in [0.15, 0.2) is 27.3 Å². The second-order valence-corrected chi connectivity index (χ2v) is 3.61. The Morgan fingerprint density at radius 3 is 2.86 bits per heavy atom. The summed E-state index contributed by atoms with van der Waals surface area (Å²) in [5, 5.41) is 6.58. The van der Waals surface area contributed by atoms with E-state index in [9.17, 15) is 4.79 Å². The lowest BCUT2D eigenvalue weighted by Gasteiger charge is -1.87. The molecule has 0 bridgehead atoms. The second kappa shape index (κ2) is 3.42. The van der Waals surface area contributed by atoms with Gasteiger partial charge in [0.1, 0.15) is 11.4 Å². The predicted octanol–water partition coefficient (Wildman–Crippen LogP) is 2.63. The van der Waals surface area contributed by atoms with Gasteiger partial charge in [-0.1, -0.05) is 0 Å². The van der Waals surface area contributed by atoms with Crippen LogP contribution in [0.2, 0.25) is 0 Å². The third-order valence-electron chi connectivity index (χ3n) is 1.78. The third-order valence-corrected chi connectivity index (χ3v) is 2.20. The highest BCUT2D eigenvalue weighted by atomic mass is 79.9. The van der Waals surface area contributed by atoms with E-state index in [4.69, 9.17) is 4.42 Å². The van der Waals surface area contributed by atoms with Crippen LogP contribution >= 0.6 is 15.9 Å². The summed E-state index contributed by atoms with van der Waals surface area (Å²) in [6, 6.07) is 5.23. The van der Waals surface area contributed by atoms with Gasteiger partial charge in [-0.25, -0.2) is 0 Å². The summed E-state index contributed by atoms with van der Waals surface area (Å²) in [5.74, 6) is 0.579. The Labute approximate surface area is 88.4 Å². The maximum atomic E-state index is 11.0. The molecule has 2 aromatic heterocycles. The molecule has 2 aromatic rings. The Balaban J connectivity index is 2.38. The largest absolute Gasteiger partial charge is 0.448 e. The molecule has 0 atom stereocenters. The number of aromatic amines is 1. The van der Waals surface area contributed by atoms with Gasteiger partial charge in [0, 0.05) is 6.92 Å². The molecule has 0 amide bonds. The van der Waals surface area contributed by atoms with Crippen LogP contribution in [0.3, 0.4) is 0 Å². The molecule has 1 N–H and O–H groups in total. The number of H-pyrrole nitrogens is 1. The van der Waals surface area contributed by atoms with Crippen LogP contribution in [0.4, 0.5) is 0 Å². The zero-order chi connectivity index (χ0) is 10.1. The second-order valence-electron chi connectivity index (χ2n) is 2.83. The van der Waals surface area contributed by atoms with Crippen molar-refractivity contribution >= 4 is 21.7 Å². The average molecular weight is 255 g/mol. The number of Topliss-reactive ketones (excluding diaryl/α,β-unsaturated/α-hetero) is 1. The minimum atomic E-state index is -0.0712. The maximum Gasteiger partial charge on any atom is 0.179 e. The standard InChI is InChI=1S/C9H7BrN2O2/c1-5(13)6-4-7(12-11-6)8-2-3-9(10)14-8/h2-4H,1H3,(H,11,12). The van der Waals surface area contributed by atoms with Crippen molar-refractivity contribution in [1.82, 2.24) is 10.2 Å². The van der Waals surface area contributed by atoms with E-state index in [-0.39, 0.29) is 5.78 Å². The number of hydrogen-bond donors (Lipinski definition) is 1. The van der Waals surface area contributed by atoms with Crippen molar-refractivity contribution in [3.8, 4) is 11.5 Å². The Morgan fingerprint density at radius 2 is 2.36 bits per heavy atom. The monoisotopic (exact) mass is 254 g/mol. The lowest BCUT2D eigenvalue weighted by Crippen LogP contribution is -1.90. The fraction of sp³-hybridized carbons (Fsp3) is 0.111. The number of halogens is 1. The first-order valence-corrected chi connectivity index (χ1v) is 4.78. The van der Waals surface area contributed by atoms with Crippen molar-refractivity contribution < 1.29 is 9.21 Å². The van der Waals surface area contributed by atoms with Gasteiger partial charge in [0.2, 0.25) is 0 Å². The van der Waals surface area contributed by atoms with Gasteiger partial charge in [-0.2, -0.15) is 5.10 Å². The van der Waals surface area contributed by atoms with E-state index in [0.29, 0.717) is 21.8 Å². The van der Waals surface area contributed by atoms with E-state index < -0.39 is 0 Å². The fourth-order valence-corrected chi connectivity index (χ4v) is 1.39. The van der Waals surface area contributed by atoms with Gasteiger partial charge < -0.3 is 4.42 Å². The summed E-state index contributed by atoms with van der Waals surface area (Å²) in [4.78, 5) is 11.0. The molecule has 0 spiro atoms. The van der Waals surface area contributed by atoms with E-state index in [2.05, 4.69) is 26.1 Å². The van der Waals surface area contributed by atoms with Crippen molar-refractivity contribution in [1.29, 1.82) is 0 Å². The number of nitrogens with one attached hydrogen (secondary N) is 1. The molecule has 4 nitrogen and oxygen atoms in total. The van der Waals surface area contributed by atoms with Gasteiger partial charge in [0.25, 0.3) is 0 Å². The number of carbonyl (C=O) groups is 1. The van der Waals surface area contributed by atoms with Gasteiger partial charge >= 0.3 is 0 Å². The molecule has 0 unspecified atom stereocenters. The molecule has 0 aliphatic rings. The van der Waals surface area contributed by atoms with Gasteiger partial charge in [-0.15, -0.1) is 0 Å². The van der Waals surface area contributed by atoms with E-state index >= 15 is 0 Å². The zero-order valence-electron chi connectivity index (χ0n) is 7.37. The summed E-state index contributed by atoms with van der Waals surface area (Å²) in [7, 11) is 0. The van der Waals surface area contributed by atoms with Gasteiger partial charge in [-0.3, -0.25) is 9.89 Å². The number of nitrogens with zero attached hydrogens (tertiary/aromatic N) is 1. The van der Waals surface area contributed by atoms with E-state index in [1.165, 1.54) is 6.92 Å². The minimum absolute atomic E-state index is 0.0712. The Hall–Kier alpha value is -1.36. The van der Waals surface area contributed by atoms with Crippen LogP contribution in [0.25, 0.3) is 11.5 Å². The molecular formula is C9H7BrN2O2. The van der Waals surface area contributed by atoms with E-state index in [1.54, 1.807) is 18.2 Å². The highest BCUT2D eigenvalue weighted by Gasteiger charge is 2.09. The summed E-state index contributed by atoms with van der Waals surface area (Å²) in [6.07, 6.45) is 0. The van der Waals surface area contributed by atoms with Crippen molar-refractivity contribution in [2.45, 2.75) is 6.92 Å². The summed E-state index contributed by atoms with van der Waals surface area (Å²) in [5.41, 5.74) is 1.11. The van der Waals surface area contributed by atoms with Crippen molar-refractivity contribution in [2.75, 3.05) is 0 Å². The minimum Gasteiger partial charge on any atom is -0.448 e. The average Bonchev–Trinajstić information content (AvgIpc) is 2.70. The smallest absolute Gasteiger partial charge is 0.179 e. The molecule has 14 heavy (non-hydrogen) atoms. The van der Waals surface area contributed by atoms with Crippen LogP contribution in [0.1, 0.15) is 17.4 Å². The highest BCUT2D eigenvalue weighted by Crippen LogP contribution is 2.23. The van der Waals surface area contributed by atoms with Crippen LogP contribution in [-0.2, 0) is 0 Å². The van der Waals surface area contributed by atoms with Crippen molar-refractivity contribution in [3.63, 3.8) is 0 Å². The van der Waals surface area contributed by atoms with Crippen molar-refractivity contribution in [2.24, 2.45) is 0 Å². The number of ketones is 1. The van der Waals surface area contributed by atoms with Gasteiger partial charge in [0.15, 0.2) is 16.2 Å². The fourth-order valence-electron chi connectivity index (χ4n) is 1.09. The first-order chi connectivity index (χ1) is 6.66. The number of hydrogen-bond acceptors (Lipinski definition) is 3. The predicted molar refractivity (Wildman–Crippen MR) is 54.0 cm³/mol. The molecule has 0 aliphatic heterocycles. The third kappa shape index (κ3) is 1.63.